The number of benzene rings is 1. The van der Waals surface area contributed by atoms with Gasteiger partial charge in [0.2, 0.25) is 0 Å². The van der Waals surface area contributed by atoms with Crippen molar-refractivity contribution in [1.29, 1.82) is 0 Å². The van der Waals surface area contributed by atoms with Gasteiger partial charge in [-0.2, -0.15) is 0 Å². The molecule has 3 aromatic rings. The van der Waals surface area contributed by atoms with Gasteiger partial charge in [0.25, 0.3) is 5.91 Å². The highest BCUT2D eigenvalue weighted by Crippen LogP contribution is 2.28. The number of hydrogen-bond donors (Lipinski definition) is 1. The molecule has 0 unspecified atom stereocenters. The van der Waals surface area contributed by atoms with Crippen molar-refractivity contribution in [3.63, 3.8) is 0 Å². The molecule has 2 aromatic heterocycles. The Labute approximate surface area is 144 Å². The van der Waals surface area contributed by atoms with Crippen molar-refractivity contribution < 1.29 is 9.18 Å². The minimum absolute atomic E-state index is 0.296. The van der Waals surface area contributed by atoms with E-state index in [9.17, 15) is 9.18 Å². The number of halogens is 1. The second-order valence-electron chi connectivity index (χ2n) is 5.49. The zero-order valence-electron chi connectivity index (χ0n) is 13.8. The smallest absolute Gasteiger partial charge is 0.274 e. The summed E-state index contributed by atoms with van der Waals surface area (Å²) < 4.78 is 14.2. The summed E-state index contributed by atoms with van der Waals surface area (Å²) in [7, 11) is 1.70. The van der Waals surface area contributed by atoms with Crippen LogP contribution < -0.4 is 10.2 Å². The molecule has 0 aliphatic heterocycles. The Morgan fingerprint density at radius 3 is 2.64 bits per heavy atom. The monoisotopic (exact) mass is 337 g/mol. The fraction of sp³-hybridized carbons (Fsp3) is 0.111. The van der Waals surface area contributed by atoms with E-state index in [0.717, 1.165) is 5.56 Å². The molecule has 1 amide bonds. The Hall–Kier alpha value is -3.35. The van der Waals surface area contributed by atoms with E-state index in [1.807, 2.05) is 13.0 Å². The molecule has 0 bridgehead atoms. The van der Waals surface area contributed by atoms with Crippen molar-refractivity contribution in [1.82, 2.24) is 15.0 Å². The Balaban J connectivity index is 1.85. The number of amides is 1. The first-order valence-electron chi connectivity index (χ1n) is 7.57. The molecule has 0 aliphatic rings. The number of nitrogens with zero attached hydrogens (tertiary/aromatic N) is 4. The first-order valence-corrected chi connectivity index (χ1v) is 7.57. The van der Waals surface area contributed by atoms with Crippen LogP contribution in [0, 0.1) is 12.7 Å². The van der Waals surface area contributed by atoms with Crippen molar-refractivity contribution >= 4 is 23.0 Å². The van der Waals surface area contributed by atoms with Gasteiger partial charge in [0.05, 0.1) is 23.8 Å². The summed E-state index contributed by atoms with van der Waals surface area (Å²) in [5, 5.41) is 2.73. The Kier molecular flexibility index (Phi) is 4.65. The topological polar surface area (TPSA) is 71.0 Å². The van der Waals surface area contributed by atoms with Crippen LogP contribution in [0.5, 0.6) is 0 Å². The third-order valence-electron chi connectivity index (χ3n) is 3.65. The molecular weight excluding hydrogens is 321 g/mol. The molecule has 0 saturated carbocycles. The van der Waals surface area contributed by atoms with Gasteiger partial charge in [-0.1, -0.05) is 0 Å². The lowest BCUT2D eigenvalue weighted by Crippen LogP contribution is -2.15. The van der Waals surface area contributed by atoms with Crippen molar-refractivity contribution in [2.24, 2.45) is 0 Å². The van der Waals surface area contributed by atoms with Crippen LogP contribution in [-0.4, -0.2) is 27.9 Å². The van der Waals surface area contributed by atoms with E-state index in [0.29, 0.717) is 22.8 Å². The highest BCUT2D eigenvalue weighted by molar-refractivity contribution is 6.03. The van der Waals surface area contributed by atoms with Crippen LogP contribution in [0.3, 0.4) is 0 Å². The van der Waals surface area contributed by atoms with Crippen LogP contribution in [0.15, 0.2) is 55.2 Å². The zero-order chi connectivity index (χ0) is 17.8. The third kappa shape index (κ3) is 3.77. The lowest BCUT2D eigenvalue weighted by Gasteiger charge is -2.20. The largest absolute Gasteiger partial charge is 0.340 e. The number of carbonyl (C=O) groups excluding carboxylic acids is 1. The van der Waals surface area contributed by atoms with E-state index in [2.05, 4.69) is 20.3 Å². The van der Waals surface area contributed by atoms with E-state index in [1.54, 1.807) is 42.7 Å². The number of anilines is 3. The molecule has 126 valence electrons. The van der Waals surface area contributed by atoms with Gasteiger partial charge in [-0.05, 0) is 42.8 Å². The second-order valence-corrected chi connectivity index (χ2v) is 5.49. The predicted octanol–water partition coefficient (Wildman–Crippen LogP) is 3.34. The SMILES string of the molecule is Cc1ccnc(C(=O)Nc2ccc(F)c(N(C)c3cncnc3)c2)c1. The number of hydrogen-bond acceptors (Lipinski definition) is 5. The third-order valence-corrected chi connectivity index (χ3v) is 3.65. The molecule has 6 nitrogen and oxygen atoms in total. The van der Waals surface area contributed by atoms with Gasteiger partial charge < -0.3 is 10.2 Å². The fourth-order valence-corrected chi connectivity index (χ4v) is 2.31. The van der Waals surface area contributed by atoms with Gasteiger partial charge in [0.15, 0.2) is 0 Å². The highest BCUT2D eigenvalue weighted by Gasteiger charge is 2.13. The van der Waals surface area contributed by atoms with Crippen molar-refractivity contribution in [2.75, 3.05) is 17.3 Å². The van der Waals surface area contributed by atoms with Crippen molar-refractivity contribution in [3.8, 4) is 0 Å². The van der Waals surface area contributed by atoms with Gasteiger partial charge in [-0.3, -0.25) is 9.78 Å². The second kappa shape index (κ2) is 7.04. The summed E-state index contributed by atoms with van der Waals surface area (Å²) in [6, 6.07) is 7.85. The molecule has 1 aromatic carbocycles. The maximum atomic E-state index is 14.2. The summed E-state index contributed by atoms with van der Waals surface area (Å²) in [5.74, 6) is -0.773. The van der Waals surface area contributed by atoms with Crippen LogP contribution in [0.2, 0.25) is 0 Å². The molecule has 1 N–H and O–H groups in total. The summed E-state index contributed by atoms with van der Waals surface area (Å²) in [6.45, 7) is 1.88. The molecule has 0 radical (unpaired) electrons. The molecule has 0 aliphatic carbocycles. The molecule has 3 rings (SSSR count). The van der Waals surface area contributed by atoms with Crippen LogP contribution in [0.25, 0.3) is 0 Å². The number of carbonyl (C=O) groups is 1. The van der Waals surface area contributed by atoms with Gasteiger partial charge in [-0.25, -0.2) is 14.4 Å². The molecule has 0 saturated heterocycles. The first kappa shape index (κ1) is 16.5. The maximum Gasteiger partial charge on any atom is 0.274 e. The number of rotatable bonds is 4. The highest BCUT2D eigenvalue weighted by atomic mass is 19.1. The van der Waals surface area contributed by atoms with Gasteiger partial charge in [0.1, 0.15) is 17.8 Å². The lowest BCUT2D eigenvalue weighted by molar-refractivity contribution is 0.102. The first-order chi connectivity index (χ1) is 12.0. The van der Waals surface area contributed by atoms with Crippen molar-refractivity contribution in [3.05, 3.63) is 72.3 Å². The lowest BCUT2D eigenvalue weighted by atomic mass is 10.2. The quantitative estimate of drug-likeness (QED) is 0.790. The Morgan fingerprint density at radius 2 is 1.92 bits per heavy atom. The molecule has 0 atom stereocenters. The number of pyridine rings is 1. The molecule has 7 heteroatoms. The van der Waals surface area contributed by atoms with E-state index in [1.165, 1.54) is 18.5 Å². The molecule has 25 heavy (non-hydrogen) atoms. The fourth-order valence-electron chi connectivity index (χ4n) is 2.31. The average molecular weight is 337 g/mol. The Bertz CT molecular complexity index is 901. The number of nitrogens with one attached hydrogen (secondary N) is 1. The standard InChI is InChI=1S/C18H16FN5O/c1-12-5-6-22-16(7-12)18(25)23-13-3-4-15(19)17(8-13)24(2)14-9-20-11-21-10-14/h3-11H,1-2H3,(H,23,25). The number of aryl methyl sites for hydroxylation is 1. The molecule has 0 spiro atoms. The van der Waals surface area contributed by atoms with E-state index >= 15 is 0 Å². The summed E-state index contributed by atoms with van der Waals surface area (Å²) in [5.41, 5.74) is 2.63. The van der Waals surface area contributed by atoms with Gasteiger partial charge in [0, 0.05) is 18.9 Å². The predicted molar refractivity (Wildman–Crippen MR) is 93.4 cm³/mol. The summed E-state index contributed by atoms with van der Waals surface area (Å²) >= 11 is 0. The molecule has 0 fully saturated rings. The summed E-state index contributed by atoms with van der Waals surface area (Å²) in [6.07, 6.45) is 6.13. The molecule has 2 heterocycles. The van der Waals surface area contributed by atoms with E-state index < -0.39 is 5.82 Å². The van der Waals surface area contributed by atoms with Gasteiger partial charge in [-0.15, -0.1) is 0 Å². The number of aromatic nitrogens is 3. The van der Waals surface area contributed by atoms with Crippen LogP contribution >= 0.6 is 0 Å². The van der Waals surface area contributed by atoms with Crippen molar-refractivity contribution in [2.45, 2.75) is 6.92 Å². The van der Waals surface area contributed by atoms with Gasteiger partial charge >= 0.3 is 0 Å². The zero-order valence-corrected chi connectivity index (χ0v) is 13.8. The minimum atomic E-state index is -0.418. The molecular formula is C18H16FN5O. The Morgan fingerprint density at radius 1 is 1.16 bits per heavy atom. The average Bonchev–Trinajstić information content (AvgIpc) is 2.63. The van der Waals surface area contributed by atoms with Crippen LogP contribution in [0.4, 0.5) is 21.5 Å². The van der Waals surface area contributed by atoms with Crippen LogP contribution in [-0.2, 0) is 0 Å². The van der Waals surface area contributed by atoms with Crippen LogP contribution in [0.1, 0.15) is 16.1 Å². The maximum absolute atomic E-state index is 14.2. The normalized spacial score (nSPS) is 10.4. The summed E-state index contributed by atoms with van der Waals surface area (Å²) in [4.78, 5) is 25.8. The minimum Gasteiger partial charge on any atom is -0.340 e. The van der Waals surface area contributed by atoms with E-state index in [4.69, 9.17) is 0 Å². The van der Waals surface area contributed by atoms with E-state index in [-0.39, 0.29) is 5.91 Å².